The maximum Gasteiger partial charge on any atom is 0.251 e. The molecule has 0 heterocycles. The predicted octanol–water partition coefficient (Wildman–Crippen LogP) is 2.92. The number of rotatable bonds is 12. The Bertz CT molecular complexity index is 842. The Balaban J connectivity index is 1.86. The average molecular weight is 429 g/mol. The van der Waals surface area contributed by atoms with E-state index in [1.54, 1.807) is 38.5 Å². The molecule has 3 N–H and O–H groups in total. The minimum atomic E-state index is -0.162. The summed E-state index contributed by atoms with van der Waals surface area (Å²) < 4.78 is 15.9. The van der Waals surface area contributed by atoms with Crippen LogP contribution >= 0.6 is 0 Å². The number of carbonyl (C=O) groups excluding carboxylic acids is 1. The van der Waals surface area contributed by atoms with Gasteiger partial charge in [0.25, 0.3) is 5.91 Å². The molecular formula is C23H32N4O4. The third-order valence-corrected chi connectivity index (χ3v) is 4.20. The van der Waals surface area contributed by atoms with Crippen molar-refractivity contribution in [3.63, 3.8) is 0 Å². The van der Waals surface area contributed by atoms with Crippen LogP contribution in [0.25, 0.3) is 0 Å². The van der Waals surface area contributed by atoms with E-state index in [9.17, 15) is 4.79 Å². The summed E-state index contributed by atoms with van der Waals surface area (Å²) in [7, 11) is 3.25. The van der Waals surface area contributed by atoms with Crippen LogP contribution in [-0.4, -0.2) is 58.9 Å². The van der Waals surface area contributed by atoms with Crippen molar-refractivity contribution in [2.24, 2.45) is 4.99 Å². The fraction of sp³-hybridized carbons (Fsp3) is 0.391. The third kappa shape index (κ3) is 8.96. The van der Waals surface area contributed by atoms with Crippen molar-refractivity contribution < 1.29 is 19.0 Å². The lowest BCUT2D eigenvalue weighted by Crippen LogP contribution is -2.32. The molecule has 31 heavy (non-hydrogen) atoms. The first-order valence-corrected chi connectivity index (χ1v) is 10.4. The van der Waals surface area contributed by atoms with Gasteiger partial charge in [0.15, 0.2) is 5.96 Å². The van der Waals surface area contributed by atoms with Crippen LogP contribution in [0.3, 0.4) is 0 Å². The van der Waals surface area contributed by atoms with Gasteiger partial charge >= 0.3 is 0 Å². The number of amides is 1. The number of ether oxygens (including phenoxy) is 3. The van der Waals surface area contributed by atoms with Crippen LogP contribution < -0.4 is 25.4 Å². The van der Waals surface area contributed by atoms with Crippen LogP contribution in [0.5, 0.6) is 11.5 Å². The van der Waals surface area contributed by atoms with Crippen molar-refractivity contribution in [3.8, 4) is 11.5 Å². The number of carbonyl (C=O) groups is 1. The lowest BCUT2D eigenvalue weighted by molar-refractivity contribution is 0.0954. The van der Waals surface area contributed by atoms with Gasteiger partial charge in [-0.15, -0.1) is 0 Å². The summed E-state index contributed by atoms with van der Waals surface area (Å²) in [6, 6.07) is 14.7. The fourth-order valence-corrected chi connectivity index (χ4v) is 2.70. The Morgan fingerprint density at radius 3 is 2.58 bits per heavy atom. The molecule has 0 saturated carbocycles. The van der Waals surface area contributed by atoms with Gasteiger partial charge < -0.3 is 30.2 Å². The quantitative estimate of drug-likeness (QED) is 0.273. The standard InChI is InChI=1S/C23H32N4O4/c1-4-24-23(27-19-9-6-11-21(17-19)31-15-7-14-29-2)26-13-12-25-22(28)18-8-5-10-20(16-18)30-3/h5-6,8-11,16-17H,4,7,12-15H2,1-3H3,(H,25,28)(H2,24,26,27). The number of aliphatic imine (C=N–C) groups is 1. The normalized spacial score (nSPS) is 11.0. The minimum absolute atomic E-state index is 0.162. The van der Waals surface area contributed by atoms with Gasteiger partial charge in [-0.05, 0) is 37.3 Å². The van der Waals surface area contributed by atoms with Crippen molar-refractivity contribution in [2.45, 2.75) is 13.3 Å². The molecular weight excluding hydrogens is 396 g/mol. The molecule has 0 fully saturated rings. The molecule has 8 heteroatoms. The largest absolute Gasteiger partial charge is 0.497 e. The molecule has 0 aliphatic heterocycles. The topological polar surface area (TPSA) is 93.2 Å². The highest BCUT2D eigenvalue weighted by Gasteiger charge is 2.06. The molecule has 0 aliphatic rings. The van der Waals surface area contributed by atoms with Crippen LogP contribution in [0.4, 0.5) is 5.69 Å². The number of guanidine groups is 1. The van der Waals surface area contributed by atoms with Crippen molar-refractivity contribution in [2.75, 3.05) is 52.4 Å². The first-order valence-electron chi connectivity index (χ1n) is 10.4. The van der Waals surface area contributed by atoms with E-state index in [1.165, 1.54) is 0 Å². The zero-order chi connectivity index (χ0) is 22.3. The second kappa shape index (κ2) is 13.9. The average Bonchev–Trinajstić information content (AvgIpc) is 2.80. The van der Waals surface area contributed by atoms with Gasteiger partial charge in [0, 0.05) is 50.5 Å². The Morgan fingerprint density at radius 1 is 1.00 bits per heavy atom. The summed E-state index contributed by atoms with van der Waals surface area (Å²) in [5, 5.41) is 9.33. The molecule has 2 aromatic rings. The Kier molecular flexibility index (Phi) is 10.7. The monoisotopic (exact) mass is 428 g/mol. The van der Waals surface area contributed by atoms with Gasteiger partial charge in [-0.3, -0.25) is 9.79 Å². The zero-order valence-corrected chi connectivity index (χ0v) is 18.4. The fourth-order valence-electron chi connectivity index (χ4n) is 2.70. The number of anilines is 1. The van der Waals surface area contributed by atoms with Gasteiger partial charge in [-0.2, -0.15) is 0 Å². The summed E-state index contributed by atoms with van der Waals surface area (Å²) >= 11 is 0. The summed E-state index contributed by atoms with van der Waals surface area (Å²) in [5.74, 6) is 1.90. The number of hydrogen-bond donors (Lipinski definition) is 3. The van der Waals surface area contributed by atoms with Crippen molar-refractivity contribution in [1.29, 1.82) is 0 Å². The molecule has 0 spiro atoms. The van der Waals surface area contributed by atoms with E-state index in [4.69, 9.17) is 14.2 Å². The molecule has 0 radical (unpaired) electrons. The SMILES string of the molecule is CCNC(=NCCNC(=O)c1cccc(OC)c1)Nc1cccc(OCCCOC)c1. The number of nitrogens with one attached hydrogen (secondary N) is 3. The number of benzene rings is 2. The van der Waals surface area contributed by atoms with E-state index in [0.717, 1.165) is 24.4 Å². The second-order valence-electron chi connectivity index (χ2n) is 6.60. The van der Waals surface area contributed by atoms with E-state index < -0.39 is 0 Å². The molecule has 168 valence electrons. The molecule has 2 aromatic carbocycles. The van der Waals surface area contributed by atoms with E-state index in [2.05, 4.69) is 20.9 Å². The second-order valence-corrected chi connectivity index (χ2v) is 6.60. The highest BCUT2D eigenvalue weighted by molar-refractivity contribution is 5.95. The maximum atomic E-state index is 12.3. The first-order chi connectivity index (χ1) is 15.2. The van der Waals surface area contributed by atoms with Crippen LogP contribution in [0.2, 0.25) is 0 Å². The van der Waals surface area contributed by atoms with Crippen LogP contribution in [-0.2, 0) is 4.74 Å². The Hall–Kier alpha value is -3.26. The molecule has 1 amide bonds. The van der Waals surface area contributed by atoms with Crippen molar-refractivity contribution in [3.05, 3.63) is 54.1 Å². The van der Waals surface area contributed by atoms with E-state index in [0.29, 0.717) is 43.6 Å². The van der Waals surface area contributed by atoms with E-state index in [-0.39, 0.29) is 5.91 Å². The van der Waals surface area contributed by atoms with Crippen LogP contribution in [0, 0.1) is 0 Å². The van der Waals surface area contributed by atoms with Gasteiger partial charge in [0.05, 0.1) is 20.3 Å². The van der Waals surface area contributed by atoms with Gasteiger partial charge in [0.2, 0.25) is 0 Å². The molecule has 0 saturated heterocycles. The number of methoxy groups -OCH3 is 2. The molecule has 0 aromatic heterocycles. The summed E-state index contributed by atoms with van der Waals surface area (Å²) in [4.78, 5) is 16.8. The van der Waals surface area contributed by atoms with Crippen LogP contribution in [0.15, 0.2) is 53.5 Å². The van der Waals surface area contributed by atoms with E-state index >= 15 is 0 Å². The predicted molar refractivity (Wildman–Crippen MR) is 123 cm³/mol. The molecule has 0 bridgehead atoms. The number of hydrogen-bond acceptors (Lipinski definition) is 5. The van der Waals surface area contributed by atoms with E-state index in [1.807, 2.05) is 31.2 Å². The van der Waals surface area contributed by atoms with Gasteiger partial charge in [-0.25, -0.2) is 0 Å². The lowest BCUT2D eigenvalue weighted by atomic mass is 10.2. The molecule has 0 unspecified atom stereocenters. The van der Waals surface area contributed by atoms with Crippen molar-refractivity contribution >= 4 is 17.6 Å². The molecule has 8 nitrogen and oxygen atoms in total. The van der Waals surface area contributed by atoms with Gasteiger partial charge in [0.1, 0.15) is 11.5 Å². The Morgan fingerprint density at radius 2 is 1.81 bits per heavy atom. The summed E-state index contributed by atoms with van der Waals surface area (Å²) in [5.41, 5.74) is 1.42. The smallest absolute Gasteiger partial charge is 0.251 e. The molecule has 0 aliphatic carbocycles. The molecule has 0 atom stereocenters. The number of nitrogens with zero attached hydrogens (tertiary/aromatic N) is 1. The third-order valence-electron chi connectivity index (χ3n) is 4.20. The minimum Gasteiger partial charge on any atom is -0.497 e. The highest BCUT2D eigenvalue weighted by Crippen LogP contribution is 2.17. The summed E-state index contributed by atoms with van der Waals surface area (Å²) in [6.45, 7) is 4.82. The van der Waals surface area contributed by atoms with Crippen molar-refractivity contribution in [1.82, 2.24) is 10.6 Å². The summed E-state index contributed by atoms with van der Waals surface area (Å²) in [6.07, 6.45) is 0.833. The lowest BCUT2D eigenvalue weighted by Gasteiger charge is -2.13. The first kappa shape index (κ1) is 24.0. The maximum absolute atomic E-state index is 12.3. The van der Waals surface area contributed by atoms with Crippen LogP contribution in [0.1, 0.15) is 23.7 Å². The Labute approximate surface area is 184 Å². The van der Waals surface area contributed by atoms with Gasteiger partial charge in [-0.1, -0.05) is 12.1 Å². The highest BCUT2D eigenvalue weighted by atomic mass is 16.5. The zero-order valence-electron chi connectivity index (χ0n) is 18.4. The molecule has 2 rings (SSSR count).